The molecule has 0 amide bonds. The van der Waals surface area contributed by atoms with Crippen LogP contribution in [0.4, 0.5) is 0 Å². The van der Waals surface area contributed by atoms with Crippen molar-refractivity contribution < 1.29 is 9.53 Å². The predicted octanol–water partition coefficient (Wildman–Crippen LogP) is 6.02. The summed E-state index contributed by atoms with van der Waals surface area (Å²) in [6.45, 7) is 2.87. The minimum Gasteiger partial charge on any atom is -0.466 e. The lowest BCUT2D eigenvalue weighted by Crippen LogP contribution is -2.05. The van der Waals surface area contributed by atoms with Crippen LogP contribution in [-0.2, 0) is 9.53 Å². The van der Waals surface area contributed by atoms with Gasteiger partial charge in [-0.1, -0.05) is 93.5 Å². The van der Waals surface area contributed by atoms with Crippen LogP contribution in [0.3, 0.4) is 0 Å². The van der Waals surface area contributed by atoms with Crippen LogP contribution in [0.1, 0.15) is 90.4 Å². The third kappa shape index (κ3) is 16.0. The maximum atomic E-state index is 11.1. The maximum Gasteiger partial charge on any atom is 0.306 e. The minimum absolute atomic E-state index is 0.0788. The third-order valence-corrected chi connectivity index (χ3v) is 3.96. The molecule has 120 valence electrons. The fourth-order valence-corrected chi connectivity index (χ4v) is 2.60. The average molecular weight is 349 g/mol. The first-order chi connectivity index (χ1) is 9.81. The minimum atomic E-state index is -0.0788. The highest BCUT2D eigenvalue weighted by Gasteiger charge is 2.00. The first-order valence-electron chi connectivity index (χ1n) is 8.52. The summed E-state index contributed by atoms with van der Waals surface area (Å²) in [6.07, 6.45) is 16.5. The van der Waals surface area contributed by atoms with Crippen molar-refractivity contribution in [3.05, 3.63) is 0 Å². The summed E-state index contributed by atoms with van der Waals surface area (Å²) < 4.78 is 5.11. The molecule has 0 rings (SSSR count). The van der Waals surface area contributed by atoms with Crippen LogP contribution in [0.2, 0.25) is 0 Å². The Kier molecular flexibility index (Phi) is 17.0. The summed E-state index contributed by atoms with van der Waals surface area (Å²) in [5.41, 5.74) is 0. The van der Waals surface area contributed by atoms with Gasteiger partial charge in [-0.25, -0.2) is 0 Å². The van der Waals surface area contributed by atoms with Crippen LogP contribution in [-0.4, -0.2) is 17.9 Å². The molecule has 0 unspecified atom stereocenters. The molecule has 0 bridgehead atoms. The molecular formula is C17H33BrO2. The van der Waals surface area contributed by atoms with Crippen LogP contribution in [0.5, 0.6) is 0 Å². The van der Waals surface area contributed by atoms with Crippen molar-refractivity contribution in [2.75, 3.05) is 11.9 Å². The van der Waals surface area contributed by atoms with E-state index in [4.69, 9.17) is 4.74 Å². The Morgan fingerprint density at radius 3 is 1.70 bits per heavy atom. The van der Waals surface area contributed by atoms with Gasteiger partial charge >= 0.3 is 5.97 Å². The number of halogens is 1. The van der Waals surface area contributed by atoms with Crippen LogP contribution in [0.15, 0.2) is 0 Å². The Morgan fingerprint density at radius 2 is 1.25 bits per heavy atom. The lowest BCUT2D eigenvalue weighted by Gasteiger charge is -2.04. The van der Waals surface area contributed by atoms with Gasteiger partial charge in [-0.05, 0) is 6.42 Å². The highest BCUT2D eigenvalue weighted by molar-refractivity contribution is 9.09. The number of hydrogen-bond donors (Lipinski definition) is 0. The second-order valence-electron chi connectivity index (χ2n) is 5.55. The van der Waals surface area contributed by atoms with Gasteiger partial charge in [-0.15, -0.1) is 0 Å². The average Bonchev–Trinajstić information content (AvgIpc) is 2.44. The number of unbranched alkanes of at least 4 members (excludes halogenated alkanes) is 11. The Hall–Kier alpha value is -0.0500. The van der Waals surface area contributed by atoms with E-state index in [2.05, 4.69) is 22.9 Å². The normalized spacial score (nSPS) is 10.7. The lowest BCUT2D eigenvalue weighted by molar-refractivity contribution is -0.143. The van der Waals surface area contributed by atoms with E-state index < -0.39 is 0 Å². The van der Waals surface area contributed by atoms with Crippen molar-refractivity contribution >= 4 is 21.9 Å². The van der Waals surface area contributed by atoms with Crippen molar-refractivity contribution in [2.24, 2.45) is 0 Å². The fraction of sp³-hybridized carbons (Fsp3) is 0.941. The van der Waals surface area contributed by atoms with E-state index in [1.54, 1.807) is 0 Å². The van der Waals surface area contributed by atoms with Crippen molar-refractivity contribution in [2.45, 2.75) is 90.4 Å². The van der Waals surface area contributed by atoms with Gasteiger partial charge in [0.25, 0.3) is 0 Å². The second kappa shape index (κ2) is 17.0. The summed E-state index contributed by atoms with van der Waals surface area (Å²) >= 11 is 3.23. The first kappa shape index (κ1) is 19.9. The Bertz CT molecular complexity index is 207. The molecule has 0 aromatic rings. The number of carbonyl (C=O) groups excluding carboxylic acids is 1. The molecule has 2 nitrogen and oxygen atoms in total. The van der Waals surface area contributed by atoms with E-state index in [0.29, 0.717) is 18.4 Å². The van der Waals surface area contributed by atoms with E-state index in [0.717, 1.165) is 6.42 Å². The molecule has 0 aliphatic rings. The number of esters is 1. The van der Waals surface area contributed by atoms with E-state index in [9.17, 15) is 4.79 Å². The summed E-state index contributed by atoms with van der Waals surface area (Å²) in [4.78, 5) is 11.1. The van der Waals surface area contributed by atoms with Gasteiger partial charge in [-0.2, -0.15) is 0 Å². The van der Waals surface area contributed by atoms with Crippen LogP contribution < -0.4 is 0 Å². The highest BCUT2D eigenvalue weighted by Crippen LogP contribution is 2.11. The zero-order valence-electron chi connectivity index (χ0n) is 13.3. The van der Waals surface area contributed by atoms with Crippen molar-refractivity contribution in [1.29, 1.82) is 0 Å². The molecule has 0 saturated carbocycles. The lowest BCUT2D eigenvalue weighted by atomic mass is 10.1. The molecule has 0 saturated heterocycles. The molecule has 0 aliphatic heterocycles. The zero-order chi connectivity index (χ0) is 14.9. The van der Waals surface area contributed by atoms with Gasteiger partial charge in [0, 0.05) is 5.33 Å². The van der Waals surface area contributed by atoms with Crippen molar-refractivity contribution in [3.63, 3.8) is 0 Å². The standard InChI is InChI=1S/C17H33BrO2/c1-2-3-4-5-6-7-8-9-10-11-12-13-16-20-17(19)14-15-18/h2-16H2,1H3. The predicted molar refractivity (Wildman–Crippen MR) is 90.4 cm³/mol. The van der Waals surface area contributed by atoms with Crippen LogP contribution in [0, 0.1) is 0 Å². The topological polar surface area (TPSA) is 26.3 Å². The maximum absolute atomic E-state index is 11.1. The number of ether oxygens (including phenoxy) is 1. The largest absolute Gasteiger partial charge is 0.466 e. The molecule has 0 aromatic carbocycles. The smallest absolute Gasteiger partial charge is 0.306 e. The van der Waals surface area contributed by atoms with Gasteiger partial charge < -0.3 is 4.74 Å². The molecule has 3 heteroatoms. The molecule has 20 heavy (non-hydrogen) atoms. The SMILES string of the molecule is CCCCCCCCCCCCCCOC(=O)CCBr. The van der Waals surface area contributed by atoms with Gasteiger partial charge in [0.15, 0.2) is 0 Å². The third-order valence-electron chi connectivity index (χ3n) is 3.56. The van der Waals surface area contributed by atoms with Gasteiger partial charge in [-0.3, -0.25) is 4.79 Å². The van der Waals surface area contributed by atoms with Gasteiger partial charge in [0.1, 0.15) is 0 Å². The van der Waals surface area contributed by atoms with Crippen LogP contribution in [0.25, 0.3) is 0 Å². The quantitative estimate of drug-likeness (QED) is 0.205. The van der Waals surface area contributed by atoms with Crippen molar-refractivity contribution in [3.8, 4) is 0 Å². The summed E-state index contributed by atoms with van der Waals surface area (Å²) in [5.74, 6) is -0.0788. The number of alkyl halides is 1. The monoisotopic (exact) mass is 348 g/mol. The number of rotatable bonds is 15. The summed E-state index contributed by atoms with van der Waals surface area (Å²) in [5, 5.41) is 0.699. The fourth-order valence-electron chi connectivity index (χ4n) is 2.28. The van der Waals surface area contributed by atoms with Gasteiger partial charge in [0.2, 0.25) is 0 Å². The molecule has 0 spiro atoms. The van der Waals surface area contributed by atoms with Crippen LogP contribution >= 0.6 is 15.9 Å². The molecular weight excluding hydrogens is 316 g/mol. The highest BCUT2D eigenvalue weighted by atomic mass is 79.9. The second-order valence-corrected chi connectivity index (χ2v) is 6.34. The zero-order valence-corrected chi connectivity index (χ0v) is 14.9. The van der Waals surface area contributed by atoms with E-state index in [-0.39, 0.29) is 5.97 Å². The van der Waals surface area contributed by atoms with E-state index in [1.807, 2.05) is 0 Å². The molecule has 0 N–H and O–H groups in total. The summed E-state index contributed by atoms with van der Waals surface area (Å²) in [7, 11) is 0. The van der Waals surface area contributed by atoms with E-state index >= 15 is 0 Å². The number of hydrogen-bond acceptors (Lipinski definition) is 2. The summed E-state index contributed by atoms with van der Waals surface area (Å²) in [6, 6.07) is 0. The van der Waals surface area contributed by atoms with Gasteiger partial charge in [0.05, 0.1) is 13.0 Å². The number of carbonyl (C=O) groups is 1. The molecule has 0 atom stereocenters. The Labute approximate surface area is 134 Å². The molecule has 0 heterocycles. The Morgan fingerprint density at radius 1 is 0.800 bits per heavy atom. The molecule has 0 fully saturated rings. The molecule has 0 aliphatic carbocycles. The first-order valence-corrected chi connectivity index (χ1v) is 9.65. The van der Waals surface area contributed by atoms with Crippen molar-refractivity contribution in [1.82, 2.24) is 0 Å². The Balaban J connectivity index is 3.01. The van der Waals surface area contributed by atoms with E-state index in [1.165, 1.54) is 70.6 Å². The molecule has 0 radical (unpaired) electrons. The molecule has 0 aromatic heterocycles.